The number of methoxy groups -OCH3 is 1. The largest absolute Gasteiger partial charge is 0.495 e. The summed E-state index contributed by atoms with van der Waals surface area (Å²) in [5, 5.41) is 3.52. The van der Waals surface area contributed by atoms with E-state index >= 15 is 0 Å². The maximum atomic E-state index is 5.14. The van der Waals surface area contributed by atoms with Crippen molar-refractivity contribution in [1.82, 2.24) is 10.3 Å². The van der Waals surface area contributed by atoms with E-state index in [9.17, 15) is 0 Å². The van der Waals surface area contributed by atoms with Crippen molar-refractivity contribution in [2.75, 3.05) is 25.1 Å². The van der Waals surface area contributed by atoms with Crippen LogP contribution in [0.25, 0.3) is 0 Å². The van der Waals surface area contributed by atoms with E-state index in [4.69, 9.17) is 4.74 Å². The first-order chi connectivity index (χ1) is 8.70. The van der Waals surface area contributed by atoms with Gasteiger partial charge in [0.25, 0.3) is 0 Å². The van der Waals surface area contributed by atoms with Crippen molar-refractivity contribution in [2.45, 2.75) is 38.8 Å². The molecule has 100 valence electrons. The Bertz CT molecular complexity index is 364. The molecule has 1 unspecified atom stereocenters. The van der Waals surface area contributed by atoms with Crippen molar-refractivity contribution in [3.05, 3.63) is 18.3 Å². The highest BCUT2D eigenvalue weighted by Gasteiger charge is 2.25. The average molecular weight is 249 g/mol. The lowest BCUT2D eigenvalue weighted by Gasteiger charge is -2.26. The van der Waals surface area contributed by atoms with Gasteiger partial charge in [0.2, 0.25) is 0 Å². The zero-order valence-corrected chi connectivity index (χ0v) is 11.5. The van der Waals surface area contributed by atoms with E-state index in [2.05, 4.69) is 29.0 Å². The number of pyridine rings is 1. The maximum absolute atomic E-state index is 5.14. The van der Waals surface area contributed by atoms with Crippen molar-refractivity contribution < 1.29 is 4.74 Å². The fourth-order valence-corrected chi connectivity index (χ4v) is 2.38. The number of rotatable bonds is 5. The molecule has 1 fully saturated rings. The second-order valence-electron chi connectivity index (χ2n) is 5.11. The number of hydrogen-bond acceptors (Lipinski definition) is 4. The molecule has 1 aromatic rings. The predicted octanol–water partition coefficient (Wildman–Crippen LogP) is 2.06. The van der Waals surface area contributed by atoms with Gasteiger partial charge in [0, 0.05) is 25.2 Å². The molecule has 1 aromatic heterocycles. The minimum atomic E-state index is 0.538. The molecule has 2 heterocycles. The molecule has 0 spiro atoms. The van der Waals surface area contributed by atoms with E-state index < -0.39 is 0 Å². The topological polar surface area (TPSA) is 37.4 Å². The lowest BCUT2D eigenvalue weighted by atomic mass is 10.2. The van der Waals surface area contributed by atoms with Gasteiger partial charge >= 0.3 is 0 Å². The zero-order chi connectivity index (χ0) is 13.0. The fraction of sp³-hybridized carbons (Fsp3) is 0.643. The summed E-state index contributed by atoms with van der Waals surface area (Å²) in [5.41, 5.74) is 0. The molecule has 0 saturated carbocycles. The van der Waals surface area contributed by atoms with Gasteiger partial charge in [-0.1, -0.05) is 13.8 Å². The van der Waals surface area contributed by atoms with E-state index in [1.165, 1.54) is 12.8 Å². The van der Waals surface area contributed by atoms with Crippen LogP contribution in [0.15, 0.2) is 18.3 Å². The zero-order valence-electron chi connectivity index (χ0n) is 11.5. The number of anilines is 1. The first-order valence-electron chi connectivity index (χ1n) is 6.70. The molecule has 18 heavy (non-hydrogen) atoms. The molecule has 4 heteroatoms. The summed E-state index contributed by atoms with van der Waals surface area (Å²) in [7, 11) is 1.67. The molecule has 0 amide bonds. The molecule has 0 radical (unpaired) electrons. The summed E-state index contributed by atoms with van der Waals surface area (Å²) in [6.07, 6.45) is 4.28. The van der Waals surface area contributed by atoms with Gasteiger partial charge in [-0.15, -0.1) is 0 Å². The number of hydrogen-bond donors (Lipinski definition) is 1. The predicted molar refractivity (Wildman–Crippen MR) is 74.3 cm³/mol. The van der Waals surface area contributed by atoms with Crippen LogP contribution < -0.4 is 15.0 Å². The normalized spacial score (nSPS) is 19.6. The Morgan fingerprint density at radius 3 is 2.94 bits per heavy atom. The van der Waals surface area contributed by atoms with Crippen molar-refractivity contribution in [3.8, 4) is 5.75 Å². The second-order valence-corrected chi connectivity index (χ2v) is 5.11. The van der Waals surface area contributed by atoms with Crippen molar-refractivity contribution >= 4 is 5.82 Å². The Morgan fingerprint density at radius 2 is 2.33 bits per heavy atom. The van der Waals surface area contributed by atoms with Crippen LogP contribution in [-0.2, 0) is 0 Å². The molecule has 0 aliphatic carbocycles. The lowest BCUT2D eigenvalue weighted by Crippen LogP contribution is -2.40. The molecular formula is C14H23N3O. The van der Waals surface area contributed by atoms with Crippen molar-refractivity contribution in [3.63, 3.8) is 0 Å². The molecule has 0 aromatic carbocycles. The first kappa shape index (κ1) is 13.1. The van der Waals surface area contributed by atoms with E-state index in [0.29, 0.717) is 12.1 Å². The highest BCUT2D eigenvalue weighted by Crippen LogP contribution is 2.24. The van der Waals surface area contributed by atoms with Crippen LogP contribution in [0.2, 0.25) is 0 Å². The van der Waals surface area contributed by atoms with Gasteiger partial charge in [-0.2, -0.15) is 0 Å². The molecule has 1 aliphatic heterocycles. The summed E-state index contributed by atoms with van der Waals surface area (Å²) in [4.78, 5) is 6.88. The molecule has 0 bridgehead atoms. The minimum absolute atomic E-state index is 0.538. The first-order valence-corrected chi connectivity index (χ1v) is 6.70. The highest BCUT2D eigenvalue weighted by molar-refractivity contribution is 5.43. The van der Waals surface area contributed by atoms with Gasteiger partial charge in [-0.3, -0.25) is 0 Å². The Kier molecular flexibility index (Phi) is 4.42. The fourth-order valence-electron chi connectivity index (χ4n) is 2.38. The van der Waals surface area contributed by atoms with E-state index in [1.807, 2.05) is 12.1 Å². The van der Waals surface area contributed by atoms with Crippen molar-refractivity contribution in [1.29, 1.82) is 0 Å². The van der Waals surface area contributed by atoms with Gasteiger partial charge in [0.15, 0.2) is 0 Å². The SMILES string of the molecule is COc1ccc(N2CCCC2CNC(C)C)nc1. The minimum Gasteiger partial charge on any atom is -0.495 e. The third kappa shape index (κ3) is 3.13. The standard InChI is InChI=1S/C14H23N3O/c1-11(2)15-9-12-5-4-8-17(12)14-7-6-13(18-3)10-16-14/h6-7,10-12,15H,4-5,8-9H2,1-3H3. The van der Waals surface area contributed by atoms with Gasteiger partial charge in [0.05, 0.1) is 13.3 Å². The van der Waals surface area contributed by atoms with Crippen LogP contribution in [0.3, 0.4) is 0 Å². The molecule has 1 atom stereocenters. The summed E-state index contributed by atoms with van der Waals surface area (Å²) < 4.78 is 5.14. The smallest absolute Gasteiger partial charge is 0.137 e. The molecule has 1 aliphatic rings. The number of nitrogens with one attached hydrogen (secondary N) is 1. The summed E-state index contributed by atoms with van der Waals surface area (Å²) >= 11 is 0. The van der Waals surface area contributed by atoms with Gasteiger partial charge in [-0.05, 0) is 25.0 Å². The molecular weight excluding hydrogens is 226 g/mol. The lowest BCUT2D eigenvalue weighted by molar-refractivity contribution is 0.413. The molecule has 1 saturated heterocycles. The summed E-state index contributed by atoms with van der Waals surface area (Å²) in [5.74, 6) is 1.87. The third-order valence-corrected chi connectivity index (χ3v) is 3.39. The Hall–Kier alpha value is -1.29. The highest BCUT2D eigenvalue weighted by atomic mass is 16.5. The van der Waals surface area contributed by atoms with Crippen LogP contribution in [0.4, 0.5) is 5.82 Å². The monoisotopic (exact) mass is 249 g/mol. The number of nitrogens with zero attached hydrogens (tertiary/aromatic N) is 2. The van der Waals surface area contributed by atoms with E-state index in [-0.39, 0.29) is 0 Å². The Balaban J connectivity index is 2.01. The van der Waals surface area contributed by atoms with Crippen LogP contribution >= 0.6 is 0 Å². The molecule has 4 nitrogen and oxygen atoms in total. The van der Waals surface area contributed by atoms with Gasteiger partial charge in [0.1, 0.15) is 11.6 Å². The Labute approximate surface area is 109 Å². The maximum Gasteiger partial charge on any atom is 0.137 e. The van der Waals surface area contributed by atoms with Gasteiger partial charge in [-0.25, -0.2) is 4.98 Å². The molecule has 1 N–H and O–H groups in total. The van der Waals surface area contributed by atoms with Crippen LogP contribution in [0.1, 0.15) is 26.7 Å². The summed E-state index contributed by atoms with van der Waals surface area (Å²) in [6, 6.07) is 5.13. The van der Waals surface area contributed by atoms with E-state index in [1.54, 1.807) is 13.3 Å². The molecule has 2 rings (SSSR count). The average Bonchev–Trinajstić information content (AvgIpc) is 2.85. The van der Waals surface area contributed by atoms with Crippen LogP contribution in [0, 0.1) is 0 Å². The number of aromatic nitrogens is 1. The Morgan fingerprint density at radius 1 is 1.50 bits per heavy atom. The number of ether oxygens (including phenoxy) is 1. The van der Waals surface area contributed by atoms with Crippen LogP contribution in [0.5, 0.6) is 5.75 Å². The van der Waals surface area contributed by atoms with Gasteiger partial charge < -0.3 is 15.0 Å². The van der Waals surface area contributed by atoms with E-state index in [0.717, 1.165) is 24.7 Å². The third-order valence-electron chi connectivity index (χ3n) is 3.39. The quantitative estimate of drug-likeness (QED) is 0.866. The second kappa shape index (κ2) is 6.05. The van der Waals surface area contributed by atoms with Crippen LogP contribution in [-0.4, -0.2) is 37.3 Å². The summed E-state index contributed by atoms with van der Waals surface area (Å²) in [6.45, 7) is 6.50. The van der Waals surface area contributed by atoms with Crippen molar-refractivity contribution in [2.24, 2.45) is 0 Å².